The van der Waals surface area contributed by atoms with Crippen LogP contribution in [-0.2, 0) is 11.2 Å². The molecule has 1 fully saturated rings. The highest BCUT2D eigenvalue weighted by molar-refractivity contribution is 5.79. The van der Waals surface area contributed by atoms with Gasteiger partial charge in [0.2, 0.25) is 0 Å². The molecule has 1 aromatic rings. The summed E-state index contributed by atoms with van der Waals surface area (Å²) in [5.74, 6) is 1.83. The van der Waals surface area contributed by atoms with Gasteiger partial charge in [-0.2, -0.15) is 0 Å². The van der Waals surface area contributed by atoms with Crippen molar-refractivity contribution in [3.63, 3.8) is 0 Å². The van der Waals surface area contributed by atoms with Crippen molar-refractivity contribution in [1.29, 1.82) is 0 Å². The Balaban J connectivity index is 1.57. The number of guanidine groups is 1. The van der Waals surface area contributed by atoms with E-state index in [4.69, 9.17) is 9.15 Å². The van der Waals surface area contributed by atoms with Gasteiger partial charge in [-0.3, -0.25) is 9.89 Å². The third-order valence-corrected chi connectivity index (χ3v) is 3.29. The third-order valence-electron chi connectivity index (χ3n) is 3.29. The molecular weight excluding hydrogens is 256 g/mol. The summed E-state index contributed by atoms with van der Waals surface area (Å²) in [5.41, 5.74) is 0. The molecule has 1 aromatic heterocycles. The van der Waals surface area contributed by atoms with Crippen molar-refractivity contribution in [2.45, 2.75) is 6.42 Å². The molecule has 2 N–H and O–H groups in total. The van der Waals surface area contributed by atoms with Crippen LogP contribution in [0.3, 0.4) is 0 Å². The van der Waals surface area contributed by atoms with Gasteiger partial charge in [0.25, 0.3) is 0 Å². The van der Waals surface area contributed by atoms with E-state index in [1.54, 1.807) is 13.3 Å². The van der Waals surface area contributed by atoms with Gasteiger partial charge in [-0.05, 0) is 12.1 Å². The van der Waals surface area contributed by atoms with Crippen LogP contribution >= 0.6 is 0 Å². The van der Waals surface area contributed by atoms with Gasteiger partial charge in [-0.25, -0.2) is 0 Å². The van der Waals surface area contributed by atoms with Gasteiger partial charge in [0.05, 0.1) is 19.5 Å². The number of ether oxygens (including phenoxy) is 1. The third kappa shape index (κ3) is 5.22. The second-order valence-corrected chi connectivity index (χ2v) is 4.71. The Labute approximate surface area is 120 Å². The van der Waals surface area contributed by atoms with Crippen LogP contribution in [-0.4, -0.2) is 63.8 Å². The maximum atomic E-state index is 5.33. The minimum Gasteiger partial charge on any atom is -0.469 e. The van der Waals surface area contributed by atoms with Gasteiger partial charge in [-0.1, -0.05) is 0 Å². The number of hydrogen-bond donors (Lipinski definition) is 2. The van der Waals surface area contributed by atoms with E-state index in [1.165, 1.54) is 0 Å². The number of aliphatic imine (C=N–C) groups is 1. The quantitative estimate of drug-likeness (QED) is 0.580. The molecule has 0 aromatic carbocycles. The summed E-state index contributed by atoms with van der Waals surface area (Å²) in [6, 6.07) is 3.89. The van der Waals surface area contributed by atoms with Crippen molar-refractivity contribution in [1.82, 2.24) is 15.5 Å². The number of morpholine rings is 1. The molecule has 0 unspecified atom stereocenters. The molecule has 0 radical (unpaired) electrons. The zero-order chi connectivity index (χ0) is 14.0. The largest absolute Gasteiger partial charge is 0.469 e. The lowest BCUT2D eigenvalue weighted by atomic mass is 10.3. The highest BCUT2D eigenvalue weighted by Gasteiger charge is 2.09. The number of nitrogens with one attached hydrogen (secondary N) is 2. The lowest BCUT2D eigenvalue weighted by Crippen LogP contribution is -2.44. The van der Waals surface area contributed by atoms with Crippen LogP contribution in [0.1, 0.15) is 5.76 Å². The summed E-state index contributed by atoms with van der Waals surface area (Å²) in [5, 5.41) is 6.60. The molecule has 0 bridgehead atoms. The summed E-state index contributed by atoms with van der Waals surface area (Å²) in [4.78, 5) is 6.61. The Kier molecular flexibility index (Phi) is 6.40. The van der Waals surface area contributed by atoms with Crippen molar-refractivity contribution in [2.24, 2.45) is 4.99 Å². The van der Waals surface area contributed by atoms with E-state index in [9.17, 15) is 0 Å². The zero-order valence-corrected chi connectivity index (χ0v) is 12.1. The van der Waals surface area contributed by atoms with E-state index in [1.807, 2.05) is 12.1 Å². The Bertz CT molecular complexity index is 386. The van der Waals surface area contributed by atoms with Crippen LogP contribution in [0.25, 0.3) is 0 Å². The minimum absolute atomic E-state index is 0.810. The summed E-state index contributed by atoms with van der Waals surface area (Å²) in [7, 11) is 1.79. The Morgan fingerprint density at radius 1 is 1.30 bits per heavy atom. The average molecular weight is 280 g/mol. The summed E-state index contributed by atoms with van der Waals surface area (Å²) >= 11 is 0. The molecule has 1 aliphatic rings. The number of furan rings is 1. The van der Waals surface area contributed by atoms with Crippen LogP contribution in [0.15, 0.2) is 27.8 Å². The smallest absolute Gasteiger partial charge is 0.191 e. The minimum atomic E-state index is 0.810. The fourth-order valence-corrected chi connectivity index (χ4v) is 2.14. The number of hydrogen-bond acceptors (Lipinski definition) is 4. The fraction of sp³-hybridized carbons (Fsp3) is 0.643. The summed E-state index contributed by atoms with van der Waals surface area (Å²) < 4.78 is 10.6. The van der Waals surface area contributed by atoms with E-state index in [-0.39, 0.29) is 0 Å². The summed E-state index contributed by atoms with van der Waals surface area (Å²) in [6.45, 7) is 6.44. The molecule has 20 heavy (non-hydrogen) atoms. The fourth-order valence-electron chi connectivity index (χ4n) is 2.14. The van der Waals surface area contributed by atoms with Crippen molar-refractivity contribution in [3.05, 3.63) is 24.2 Å². The van der Waals surface area contributed by atoms with Crippen LogP contribution < -0.4 is 10.6 Å². The molecule has 0 spiro atoms. The molecule has 112 valence electrons. The van der Waals surface area contributed by atoms with Crippen molar-refractivity contribution in [3.8, 4) is 0 Å². The van der Waals surface area contributed by atoms with Gasteiger partial charge < -0.3 is 19.8 Å². The predicted octanol–water partition coefficient (Wildman–Crippen LogP) is 0.319. The zero-order valence-electron chi connectivity index (χ0n) is 12.1. The second-order valence-electron chi connectivity index (χ2n) is 4.71. The number of rotatable bonds is 6. The molecule has 6 heteroatoms. The molecule has 6 nitrogen and oxygen atoms in total. The van der Waals surface area contributed by atoms with E-state index in [2.05, 4.69) is 20.5 Å². The first kappa shape index (κ1) is 14.9. The summed E-state index contributed by atoms with van der Waals surface area (Å²) in [6.07, 6.45) is 2.56. The molecule has 0 saturated carbocycles. The van der Waals surface area contributed by atoms with Gasteiger partial charge in [0.1, 0.15) is 5.76 Å². The molecule has 2 rings (SSSR count). The molecule has 1 aliphatic heterocycles. The van der Waals surface area contributed by atoms with E-state index >= 15 is 0 Å². The SMILES string of the molecule is CN=C(NCCc1ccco1)NCCN1CCOCC1. The maximum Gasteiger partial charge on any atom is 0.191 e. The van der Waals surface area contributed by atoms with E-state index in [0.717, 1.165) is 64.1 Å². The van der Waals surface area contributed by atoms with Crippen LogP contribution in [0.4, 0.5) is 0 Å². The van der Waals surface area contributed by atoms with Crippen LogP contribution in [0, 0.1) is 0 Å². The van der Waals surface area contributed by atoms with Crippen LogP contribution in [0.2, 0.25) is 0 Å². The van der Waals surface area contributed by atoms with Gasteiger partial charge in [0, 0.05) is 46.2 Å². The van der Waals surface area contributed by atoms with E-state index < -0.39 is 0 Å². The first-order chi connectivity index (χ1) is 9.88. The van der Waals surface area contributed by atoms with Gasteiger partial charge >= 0.3 is 0 Å². The molecule has 2 heterocycles. The van der Waals surface area contributed by atoms with E-state index in [0.29, 0.717) is 0 Å². The van der Waals surface area contributed by atoms with Crippen molar-refractivity contribution >= 4 is 5.96 Å². The molecule has 0 atom stereocenters. The normalized spacial score (nSPS) is 17.1. The molecular formula is C14H24N4O2. The number of nitrogens with zero attached hydrogens (tertiary/aromatic N) is 2. The molecule has 1 saturated heterocycles. The first-order valence-corrected chi connectivity index (χ1v) is 7.15. The Morgan fingerprint density at radius 2 is 2.10 bits per heavy atom. The second kappa shape index (κ2) is 8.60. The lowest BCUT2D eigenvalue weighted by molar-refractivity contribution is 0.0389. The standard InChI is InChI=1S/C14H24N4O2/c1-15-14(16-5-4-13-3-2-10-20-13)17-6-7-18-8-11-19-12-9-18/h2-3,10H,4-9,11-12H2,1H3,(H2,15,16,17). The highest BCUT2D eigenvalue weighted by atomic mass is 16.5. The Morgan fingerprint density at radius 3 is 2.80 bits per heavy atom. The van der Waals surface area contributed by atoms with Crippen molar-refractivity contribution in [2.75, 3.05) is 53.0 Å². The van der Waals surface area contributed by atoms with Crippen LogP contribution in [0.5, 0.6) is 0 Å². The monoisotopic (exact) mass is 280 g/mol. The Hall–Kier alpha value is -1.53. The lowest BCUT2D eigenvalue weighted by Gasteiger charge is -2.26. The highest BCUT2D eigenvalue weighted by Crippen LogP contribution is 1.99. The topological polar surface area (TPSA) is 62.0 Å². The average Bonchev–Trinajstić information content (AvgIpc) is 3.00. The molecule has 0 aliphatic carbocycles. The first-order valence-electron chi connectivity index (χ1n) is 7.15. The van der Waals surface area contributed by atoms with Crippen molar-refractivity contribution < 1.29 is 9.15 Å². The van der Waals surface area contributed by atoms with Gasteiger partial charge in [0.15, 0.2) is 5.96 Å². The maximum absolute atomic E-state index is 5.33. The van der Waals surface area contributed by atoms with Gasteiger partial charge in [-0.15, -0.1) is 0 Å². The molecule has 0 amide bonds. The predicted molar refractivity (Wildman–Crippen MR) is 79.0 cm³/mol.